The molecular formula is C17H35N3. The van der Waals surface area contributed by atoms with Crippen LogP contribution >= 0.6 is 0 Å². The molecule has 1 saturated heterocycles. The molecular weight excluding hydrogens is 246 g/mol. The van der Waals surface area contributed by atoms with Crippen LogP contribution in [0.4, 0.5) is 0 Å². The van der Waals surface area contributed by atoms with Gasteiger partial charge in [0.2, 0.25) is 0 Å². The molecule has 20 heavy (non-hydrogen) atoms. The molecule has 0 amide bonds. The van der Waals surface area contributed by atoms with Crippen molar-refractivity contribution in [2.45, 2.75) is 51.5 Å². The molecule has 1 saturated carbocycles. The van der Waals surface area contributed by atoms with E-state index in [-0.39, 0.29) is 0 Å². The van der Waals surface area contributed by atoms with E-state index in [2.05, 4.69) is 37.7 Å². The maximum Gasteiger partial charge on any atom is 0.0357 e. The smallest absolute Gasteiger partial charge is 0.0357 e. The van der Waals surface area contributed by atoms with E-state index in [1.54, 1.807) is 0 Å². The van der Waals surface area contributed by atoms with Crippen LogP contribution in [0.1, 0.15) is 46.0 Å². The van der Waals surface area contributed by atoms with E-state index >= 15 is 0 Å². The highest BCUT2D eigenvalue weighted by atomic mass is 15.2. The highest BCUT2D eigenvalue weighted by Crippen LogP contribution is 2.41. The van der Waals surface area contributed by atoms with Crippen LogP contribution in [0.5, 0.6) is 0 Å². The Kier molecular flexibility index (Phi) is 5.49. The predicted molar refractivity (Wildman–Crippen MR) is 86.8 cm³/mol. The van der Waals surface area contributed by atoms with Crippen molar-refractivity contribution in [3.8, 4) is 0 Å². The van der Waals surface area contributed by atoms with Gasteiger partial charge in [-0.05, 0) is 77.0 Å². The van der Waals surface area contributed by atoms with Gasteiger partial charge in [0, 0.05) is 18.6 Å². The van der Waals surface area contributed by atoms with Gasteiger partial charge >= 0.3 is 0 Å². The highest BCUT2D eigenvalue weighted by molar-refractivity contribution is 5.00. The SMILES string of the molecule is CC1CCC(CN)(N2CCC(CN(C)C)CC2)C(C)C1. The van der Waals surface area contributed by atoms with Gasteiger partial charge in [-0.2, -0.15) is 0 Å². The minimum atomic E-state index is 0.301. The number of nitrogens with two attached hydrogens (primary N) is 1. The summed E-state index contributed by atoms with van der Waals surface area (Å²) < 4.78 is 0. The molecule has 0 aromatic rings. The molecule has 0 aromatic heterocycles. The first kappa shape index (κ1) is 16.3. The second-order valence-corrected chi connectivity index (χ2v) is 7.78. The number of piperidine rings is 1. The minimum absolute atomic E-state index is 0.301. The third kappa shape index (κ3) is 3.37. The number of likely N-dealkylation sites (tertiary alicyclic amines) is 1. The molecule has 2 N–H and O–H groups in total. The summed E-state index contributed by atoms with van der Waals surface area (Å²) in [4.78, 5) is 5.10. The molecule has 1 heterocycles. The first-order valence-corrected chi connectivity index (χ1v) is 8.57. The van der Waals surface area contributed by atoms with Gasteiger partial charge in [0.1, 0.15) is 0 Å². The average molecular weight is 281 g/mol. The van der Waals surface area contributed by atoms with E-state index in [4.69, 9.17) is 5.73 Å². The third-order valence-corrected chi connectivity index (χ3v) is 5.96. The average Bonchev–Trinajstić information content (AvgIpc) is 2.40. The Morgan fingerprint density at radius 3 is 2.30 bits per heavy atom. The maximum atomic E-state index is 6.27. The van der Waals surface area contributed by atoms with Crippen LogP contribution in [0.2, 0.25) is 0 Å². The molecule has 0 aromatic carbocycles. The molecule has 3 heteroatoms. The Bertz CT molecular complexity index is 297. The van der Waals surface area contributed by atoms with Crippen molar-refractivity contribution in [3.05, 3.63) is 0 Å². The van der Waals surface area contributed by atoms with Gasteiger partial charge in [0.25, 0.3) is 0 Å². The van der Waals surface area contributed by atoms with E-state index in [1.165, 1.54) is 51.7 Å². The summed E-state index contributed by atoms with van der Waals surface area (Å²) in [5, 5.41) is 0. The lowest BCUT2D eigenvalue weighted by Gasteiger charge is -2.53. The second kappa shape index (κ2) is 6.76. The number of rotatable bonds is 4. The Hall–Kier alpha value is -0.120. The van der Waals surface area contributed by atoms with Crippen molar-refractivity contribution in [1.29, 1.82) is 0 Å². The third-order valence-electron chi connectivity index (χ3n) is 5.96. The summed E-state index contributed by atoms with van der Waals surface area (Å²) in [5.74, 6) is 2.52. The molecule has 3 atom stereocenters. The lowest BCUT2D eigenvalue weighted by Crippen LogP contribution is -2.61. The lowest BCUT2D eigenvalue weighted by atomic mass is 9.68. The Labute approximate surface area is 125 Å². The second-order valence-electron chi connectivity index (χ2n) is 7.78. The molecule has 3 nitrogen and oxygen atoms in total. The van der Waals surface area contributed by atoms with Crippen molar-refractivity contribution >= 4 is 0 Å². The van der Waals surface area contributed by atoms with Gasteiger partial charge < -0.3 is 10.6 Å². The summed E-state index contributed by atoms with van der Waals surface area (Å²) in [7, 11) is 4.39. The van der Waals surface area contributed by atoms with Gasteiger partial charge in [-0.15, -0.1) is 0 Å². The zero-order valence-electron chi connectivity index (χ0n) is 14.1. The van der Waals surface area contributed by atoms with E-state index in [9.17, 15) is 0 Å². The van der Waals surface area contributed by atoms with E-state index in [1.807, 2.05) is 0 Å². The largest absolute Gasteiger partial charge is 0.329 e. The molecule has 2 rings (SSSR count). The van der Waals surface area contributed by atoms with Crippen LogP contribution in [-0.4, -0.2) is 55.6 Å². The van der Waals surface area contributed by atoms with Crippen molar-refractivity contribution < 1.29 is 0 Å². The first-order chi connectivity index (χ1) is 9.48. The molecule has 1 aliphatic heterocycles. The van der Waals surface area contributed by atoms with Crippen molar-refractivity contribution in [2.24, 2.45) is 23.5 Å². The molecule has 3 unspecified atom stereocenters. The fourth-order valence-electron chi connectivity index (χ4n) is 4.66. The van der Waals surface area contributed by atoms with Crippen molar-refractivity contribution in [1.82, 2.24) is 9.80 Å². The lowest BCUT2D eigenvalue weighted by molar-refractivity contribution is -0.0224. The minimum Gasteiger partial charge on any atom is -0.329 e. The number of nitrogens with zero attached hydrogens (tertiary/aromatic N) is 2. The quantitative estimate of drug-likeness (QED) is 0.859. The molecule has 0 radical (unpaired) electrons. The summed E-state index contributed by atoms with van der Waals surface area (Å²) in [6.45, 7) is 9.45. The van der Waals surface area contributed by atoms with Crippen LogP contribution in [-0.2, 0) is 0 Å². The fraction of sp³-hybridized carbons (Fsp3) is 1.00. The zero-order valence-corrected chi connectivity index (χ0v) is 14.1. The fourth-order valence-corrected chi connectivity index (χ4v) is 4.66. The van der Waals surface area contributed by atoms with E-state index in [0.717, 1.165) is 24.3 Å². The number of hydrogen-bond donors (Lipinski definition) is 1. The maximum absolute atomic E-state index is 6.27. The van der Waals surface area contributed by atoms with Gasteiger partial charge in [-0.1, -0.05) is 13.8 Å². The monoisotopic (exact) mass is 281 g/mol. The first-order valence-electron chi connectivity index (χ1n) is 8.57. The normalized spacial score (nSPS) is 37.5. The molecule has 118 valence electrons. The molecule has 1 aliphatic carbocycles. The van der Waals surface area contributed by atoms with Gasteiger partial charge in [0.15, 0.2) is 0 Å². The zero-order chi connectivity index (χ0) is 14.8. The predicted octanol–water partition coefficient (Wildman–Crippen LogP) is 2.41. The van der Waals surface area contributed by atoms with Gasteiger partial charge in [0.05, 0.1) is 0 Å². The summed E-state index contributed by atoms with van der Waals surface area (Å²) in [6.07, 6.45) is 6.72. The molecule has 2 fully saturated rings. The Balaban J connectivity index is 1.96. The Morgan fingerprint density at radius 1 is 1.15 bits per heavy atom. The molecule has 2 aliphatic rings. The topological polar surface area (TPSA) is 32.5 Å². The summed E-state index contributed by atoms with van der Waals surface area (Å²) in [5.41, 5.74) is 6.57. The van der Waals surface area contributed by atoms with Crippen LogP contribution in [0.3, 0.4) is 0 Å². The van der Waals surface area contributed by atoms with Crippen molar-refractivity contribution in [2.75, 3.05) is 40.3 Å². The van der Waals surface area contributed by atoms with Crippen molar-refractivity contribution in [3.63, 3.8) is 0 Å². The standard InChI is InChI=1S/C17H35N3/c1-14-5-8-17(13-18,15(2)11-14)20-9-6-16(7-10-20)12-19(3)4/h14-16H,5-13,18H2,1-4H3. The van der Waals surface area contributed by atoms with Gasteiger partial charge in [-0.3, -0.25) is 4.90 Å². The van der Waals surface area contributed by atoms with Crippen LogP contribution in [0.15, 0.2) is 0 Å². The molecule has 0 bridgehead atoms. The van der Waals surface area contributed by atoms with Crippen LogP contribution in [0, 0.1) is 17.8 Å². The number of hydrogen-bond acceptors (Lipinski definition) is 3. The highest BCUT2D eigenvalue weighted by Gasteiger charge is 2.44. The van der Waals surface area contributed by atoms with E-state index < -0.39 is 0 Å². The van der Waals surface area contributed by atoms with Crippen LogP contribution in [0.25, 0.3) is 0 Å². The Morgan fingerprint density at radius 2 is 1.80 bits per heavy atom. The van der Waals surface area contributed by atoms with E-state index in [0.29, 0.717) is 5.54 Å². The van der Waals surface area contributed by atoms with Crippen LogP contribution < -0.4 is 5.73 Å². The van der Waals surface area contributed by atoms with Gasteiger partial charge in [-0.25, -0.2) is 0 Å². The molecule has 0 spiro atoms. The summed E-state index contributed by atoms with van der Waals surface area (Å²) >= 11 is 0. The summed E-state index contributed by atoms with van der Waals surface area (Å²) in [6, 6.07) is 0.